The van der Waals surface area contributed by atoms with Crippen molar-refractivity contribution < 1.29 is 28.7 Å². The number of carbonyl (C=O) groups is 5. The zero-order valence-corrected chi connectivity index (χ0v) is 33.1. The van der Waals surface area contributed by atoms with Crippen LogP contribution in [0.25, 0.3) is 6.08 Å². The van der Waals surface area contributed by atoms with Gasteiger partial charge in [0.15, 0.2) is 0 Å². The molecule has 10 nitrogen and oxygen atoms in total. The van der Waals surface area contributed by atoms with Crippen molar-refractivity contribution in [2.75, 3.05) is 22.6 Å². The Balaban J connectivity index is 1.34. The molecule has 1 unspecified atom stereocenters. The number of carbonyl (C=O) groups excluding carboxylic acids is 5. The Kier molecular flexibility index (Phi) is 14.3. The molecule has 0 fully saturated rings. The van der Waals surface area contributed by atoms with Crippen LogP contribution in [0.1, 0.15) is 61.8 Å². The molecule has 4 amide bonds. The first-order valence-corrected chi connectivity index (χ1v) is 19.5. The van der Waals surface area contributed by atoms with Crippen LogP contribution in [0.15, 0.2) is 114 Å². The first-order valence-electron chi connectivity index (χ1n) is 17.1. The minimum atomic E-state index is -0.653. The Bertz CT molecular complexity index is 2230. The van der Waals surface area contributed by atoms with E-state index in [-0.39, 0.29) is 37.8 Å². The molecule has 14 heteroatoms. The fraction of sp³-hybridized carbons (Fsp3) is 0.146. The molecule has 0 aliphatic carbocycles. The average Bonchev–Trinajstić information content (AvgIpc) is 3.50. The highest BCUT2D eigenvalue weighted by Crippen LogP contribution is 2.36. The lowest BCUT2D eigenvalue weighted by Gasteiger charge is -2.16. The van der Waals surface area contributed by atoms with Crippen LogP contribution >= 0.6 is 46.3 Å². The molecule has 0 spiro atoms. The van der Waals surface area contributed by atoms with Gasteiger partial charge >= 0.3 is 5.97 Å². The quantitative estimate of drug-likeness (QED) is 0.0497. The lowest BCUT2D eigenvalue weighted by Crippen LogP contribution is -2.30. The third kappa shape index (κ3) is 10.6. The summed E-state index contributed by atoms with van der Waals surface area (Å²) in [6.07, 6.45) is 1.81. The van der Waals surface area contributed by atoms with Crippen molar-refractivity contribution in [3.8, 4) is 0 Å². The monoisotopic (exact) mass is 814 g/mol. The molecule has 1 heterocycles. The third-order valence-electron chi connectivity index (χ3n) is 7.95. The molecule has 1 aromatic heterocycles. The van der Waals surface area contributed by atoms with E-state index >= 15 is 0 Å². The van der Waals surface area contributed by atoms with E-state index in [2.05, 4.69) is 21.3 Å². The minimum Gasteiger partial charge on any atom is -0.462 e. The van der Waals surface area contributed by atoms with Crippen LogP contribution in [-0.2, 0) is 14.3 Å². The molecule has 4 aromatic carbocycles. The summed E-state index contributed by atoms with van der Waals surface area (Å²) >= 11 is 15.0. The van der Waals surface area contributed by atoms with Crippen LogP contribution in [0.2, 0.25) is 10.0 Å². The molecule has 282 valence electrons. The van der Waals surface area contributed by atoms with Crippen molar-refractivity contribution in [2.24, 2.45) is 0 Å². The molecule has 0 bridgehead atoms. The van der Waals surface area contributed by atoms with E-state index in [1.165, 1.54) is 17.8 Å². The minimum absolute atomic E-state index is 0.104. The topological polar surface area (TPSA) is 143 Å². The molecule has 5 rings (SSSR count). The van der Waals surface area contributed by atoms with E-state index in [0.717, 1.165) is 11.3 Å². The summed E-state index contributed by atoms with van der Waals surface area (Å²) in [4.78, 5) is 67.8. The first-order chi connectivity index (χ1) is 26.5. The van der Waals surface area contributed by atoms with Crippen molar-refractivity contribution in [3.05, 3.63) is 146 Å². The summed E-state index contributed by atoms with van der Waals surface area (Å²) in [5, 5.41) is 11.3. The number of halogens is 2. The SMILES string of the molecule is CCOC(=O)c1c(NC(=O)C(CC)Sc2cccc(NC(=O)/C(=C\c3c(Cl)cccc3Cl)NC(=O)c3ccccc3)c2)sc(C(=O)Nc2ccccc2)c1C. The normalized spacial score (nSPS) is 11.6. The predicted molar refractivity (Wildman–Crippen MR) is 221 cm³/mol. The zero-order chi connectivity index (χ0) is 39.5. The van der Waals surface area contributed by atoms with Crippen LogP contribution in [0.3, 0.4) is 0 Å². The molecule has 5 aromatic rings. The van der Waals surface area contributed by atoms with E-state index in [0.29, 0.717) is 39.4 Å². The van der Waals surface area contributed by atoms with Gasteiger partial charge in [-0.05, 0) is 86.5 Å². The zero-order valence-electron chi connectivity index (χ0n) is 29.9. The highest BCUT2D eigenvalue weighted by atomic mass is 35.5. The maximum atomic E-state index is 13.7. The van der Waals surface area contributed by atoms with Gasteiger partial charge in [-0.2, -0.15) is 0 Å². The number of ether oxygens (including phenoxy) is 1. The number of thiophene rings is 1. The molecule has 0 saturated carbocycles. The van der Waals surface area contributed by atoms with Crippen LogP contribution in [0.5, 0.6) is 0 Å². The smallest absolute Gasteiger partial charge is 0.341 e. The van der Waals surface area contributed by atoms with Gasteiger partial charge in [0, 0.05) is 37.4 Å². The molecule has 1 atom stereocenters. The second-order valence-corrected chi connectivity index (χ2v) is 14.9. The summed E-state index contributed by atoms with van der Waals surface area (Å²) in [6.45, 7) is 5.27. The van der Waals surface area contributed by atoms with Crippen LogP contribution < -0.4 is 21.3 Å². The standard InChI is InChI=1S/C41H36Cl2N4O6S2/c1-4-33(38(50)47-40-34(41(52)53-5-2)24(3)35(55-40)39(51)44-26-16-10-7-11-17-26)54-28-19-12-18-27(22-28)45-37(49)32(23-29-30(42)20-13-21-31(29)43)46-36(48)25-14-8-6-9-15-25/h6-23,33H,4-5H2,1-3H3,(H,44,51)(H,45,49)(H,46,48)(H,47,50)/b32-23+. The number of hydrogen-bond donors (Lipinski definition) is 4. The maximum Gasteiger partial charge on any atom is 0.341 e. The number of thioether (sulfide) groups is 1. The summed E-state index contributed by atoms with van der Waals surface area (Å²) in [5.41, 5.74) is 2.06. The summed E-state index contributed by atoms with van der Waals surface area (Å²) in [7, 11) is 0. The molecular weight excluding hydrogens is 780 g/mol. The van der Waals surface area contributed by atoms with Gasteiger partial charge in [0.2, 0.25) is 5.91 Å². The summed E-state index contributed by atoms with van der Waals surface area (Å²) < 4.78 is 5.28. The molecule has 55 heavy (non-hydrogen) atoms. The Hall–Kier alpha value is -5.40. The largest absolute Gasteiger partial charge is 0.462 e. The van der Waals surface area contributed by atoms with Gasteiger partial charge in [-0.1, -0.05) is 78.7 Å². The Labute approximate surface area is 336 Å². The van der Waals surface area contributed by atoms with E-state index < -0.39 is 34.8 Å². The summed E-state index contributed by atoms with van der Waals surface area (Å²) in [5.74, 6) is -2.62. The van der Waals surface area contributed by atoms with Crippen molar-refractivity contribution in [3.63, 3.8) is 0 Å². The second-order valence-electron chi connectivity index (χ2n) is 11.8. The van der Waals surface area contributed by atoms with Crippen molar-refractivity contribution in [2.45, 2.75) is 37.3 Å². The van der Waals surface area contributed by atoms with E-state index in [4.69, 9.17) is 27.9 Å². The lowest BCUT2D eigenvalue weighted by molar-refractivity contribution is -0.116. The number of anilines is 3. The van der Waals surface area contributed by atoms with Gasteiger partial charge < -0.3 is 26.0 Å². The predicted octanol–water partition coefficient (Wildman–Crippen LogP) is 9.71. The van der Waals surface area contributed by atoms with Gasteiger partial charge in [-0.25, -0.2) is 4.79 Å². The second kappa shape index (κ2) is 19.3. The lowest BCUT2D eigenvalue weighted by atomic mass is 10.1. The molecule has 4 N–H and O–H groups in total. The fourth-order valence-electron chi connectivity index (χ4n) is 5.24. The van der Waals surface area contributed by atoms with Crippen LogP contribution in [0, 0.1) is 6.92 Å². The Morgan fingerprint density at radius 2 is 1.42 bits per heavy atom. The molecule has 0 saturated heterocycles. The third-order valence-corrected chi connectivity index (χ3v) is 11.2. The van der Waals surface area contributed by atoms with E-state index in [9.17, 15) is 24.0 Å². The molecule has 0 radical (unpaired) electrons. The number of benzene rings is 4. The van der Waals surface area contributed by atoms with Crippen molar-refractivity contribution >= 4 is 98.4 Å². The average molecular weight is 816 g/mol. The van der Waals surface area contributed by atoms with Crippen molar-refractivity contribution in [1.82, 2.24) is 5.32 Å². The van der Waals surface area contributed by atoms with Crippen LogP contribution in [-0.4, -0.2) is 41.5 Å². The molecule has 0 aliphatic heterocycles. The van der Waals surface area contributed by atoms with Gasteiger partial charge in [-0.3, -0.25) is 19.2 Å². The molecule has 0 aliphatic rings. The number of esters is 1. The van der Waals surface area contributed by atoms with Crippen LogP contribution in [0.4, 0.5) is 16.4 Å². The molecular formula is C41H36Cl2N4O6S2. The van der Waals surface area contributed by atoms with Crippen molar-refractivity contribution in [1.29, 1.82) is 0 Å². The van der Waals surface area contributed by atoms with E-state index in [1.54, 1.807) is 111 Å². The highest BCUT2D eigenvalue weighted by Gasteiger charge is 2.29. The summed E-state index contributed by atoms with van der Waals surface area (Å²) in [6, 6.07) is 29.1. The number of para-hydroxylation sites is 1. The van der Waals surface area contributed by atoms with Gasteiger partial charge in [0.25, 0.3) is 17.7 Å². The number of amides is 4. The highest BCUT2D eigenvalue weighted by molar-refractivity contribution is 8.00. The number of rotatable bonds is 14. The van der Waals surface area contributed by atoms with E-state index in [1.807, 2.05) is 13.0 Å². The number of hydrogen-bond acceptors (Lipinski definition) is 8. The maximum absolute atomic E-state index is 13.7. The fourth-order valence-corrected chi connectivity index (χ4v) is 7.85. The first kappa shape index (κ1) is 40.8. The van der Waals surface area contributed by atoms with Gasteiger partial charge in [0.1, 0.15) is 10.7 Å². The number of nitrogens with one attached hydrogen (secondary N) is 4. The Morgan fingerprint density at radius 3 is 2.07 bits per heavy atom. The Morgan fingerprint density at radius 1 is 0.782 bits per heavy atom. The van der Waals surface area contributed by atoms with Gasteiger partial charge in [0.05, 0.1) is 22.3 Å². The van der Waals surface area contributed by atoms with Gasteiger partial charge in [-0.15, -0.1) is 23.1 Å².